The zero-order chi connectivity index (χ0) is 17.6. The lowest BCUT2D eigenvalue weighted by atomic mass is 9.90. The van der Waals surface area contributed by atoms with E-state index in [-0.39, 0.29) is 18.5 Å². The van der Waals surface area contributed by atoms with Gasteiger partial charge in [0.1, 0.15) is 5.76 Å². The van der Waals surface area contributed by atoms with Crippen LogP contribution in [-0.2, 0) is 36.7 Å². The molecule has 0 aromatic carbocycles. The number of aryl methyl sites for hydroxylation is 1. The first kappa shape index (κ1) is 18.2. The number of nitrogens with zero attached hydrogens (tertiary/aromatic N) is 2. The summed E-state index contributed by atoms with van der Waals surface area (Å²) in [5, 5.41) is 14.9. The van der Waals surface area contributed by atoms with Gasteiger partial charge in [0.2, 0.25) is 11.4 Å². The topological polar surface area (TPSA) is 132 Å². The molecular formula is C14H17N3O6. The quantitative estimate of drug-likeness (QED) is 0.563. The summed E-state index contributed by atoms with van der Waals surface area (Å²) in [6, 6.07) is 1.94. The molecule has 0 spiro atoms. The monoisotopic (exact) mass is 323 g/mol. The number of amides is 1. The fraction of sp³-hybridized carbons (Fsp3) is 0.500. The van der Waals surface area contributed by atoms with Crippen molar-refractivity contribution in [3.8, 4) is 6.07 Å². The molecule has 0 saturated heterocycles. The maximum Gasteiger partial charge on any atom is 0.343 e. The van der Waals surface area contributed by atoms with Gasteiger partial charge in [-0.1, -0.05) is 5.16 Å². The summed E-state index contributed by atoms with van der Waals surface area (Å²) < 4.78 is 14.3. The van der Waals surface area contributed by atoms with Crippen LogP contribution in [0.2, 0.25) is 0 Å². The normalized spacial score (nSPS) is 10.6. The Kier molecular flexibility index (Phi) is 5.84. The number of ether oxygens (including phenoxy) is 2. The molecule has 23 heavy (non-hydrogen) atoms. The molecule has 1 rings (SSSR count). The summed E-state index contributed by atoms with van der Waals surface area (Å²) >= 11 is 0. The van der Waals surface area contributed by atoms with E-state index in [4.69, 9.17) is 9.78 Å². The number of rotatable bonds is 6. The largest absolute Gasteiger partial charge is 0.467 e. The molecule has 124 valence electrons. The summed E-state index contributed by atoms with van der Waals surface area (Å²) in [4.78, 5) is 35.9. The number of carbonyl (C=O) groups excluding carboxylic acids is 3. The average Bonchev–Trinajstić information content (AvgIpc) is 2.85. The molecule has 1 aromatic heterocycles. The van der Waals surface area contributed by atoms with Gasteiger partial charge in [0.15, 0.2) is 0 Å². The SMILES string of the molecule is COC(=O)C(Cc1noc(C)c1CC#N)(NC(C)=O)C(=O)OC. The van der Waals surface area contributed by atoms with E-state index >= 15 is 0 Å². The molecule has 9 heteroatoms. The molecule has 0 radical (unpaired) electrons. The van der Waals surface area contributed by atoms with E-state index in [9.17, 15) is 14.4 Å². The molecule has 0 unspecified atom stereocenters. The van der Waals surface area contributed by atoms with Gasteiger partial charge >= 0.3 is 11.9 Å². The first-order valence-corrected chi connectivity index (χ1v) is 6.59. The van der Waals surface area contributed by atoms with Crippen molar-refractivity contribution in [2.24, 2.45) is 0 Å². The molecule has 0 aliphatic heterocycles. The van der Waals surface area contributed by atoms with Gasteiger partial charge in [0.05, 0.1) is 32.4 Å². The summed E-state index contributed by atoms with van der Waals surface area (Å²) in [5.41, 5.74) is -1.48. The summed E-state index contributed by atoms with van der Waals surface area (Å²) in [6.45, 7) is 2.74. The summed E-state index contributed by atoms with van der Waals surface area (Å²) in [6.07, 6.45) is -0.385. The minimum Gasteiger partial charge on any atom is -0.467 e. The van der Waals surface area contributed by atoms with Crippen molar-refractivity contribution in [3.63, 3.8) is 0 Å². The van der Waals surface area contributed by atoms with Gasteiger partial charge in [0, 0.05) is 18.9 Å². The molecular weight excluding hydrogens is 306 g/mol. The van der Waals surface area contributed by atoms with E-state index in [1.807, 2.05) is 6.07 Å². The van der Waals surface area contributed by atoms with Crippen LogP contribution in [0.1, 0.15) is 23.9 Å². The van der Waals surface area contributed by atoms with Crippen molar-refractivity contribution in [3.05, 3.63) is 17.0 Å². The predicted octanol–water partition coefficient (Wildman–Crippen LogP) is -0.187. The number of hydrogen-bond donors (Lipinski definition) is 1. The maximum atomic E-state index is 12.2. The van der Waals surface area contributed by atoms with Gasteiger partial charge in [-0.25, -0.2) is 9.59 Å². The van der Waals surface area contributed by atoms with Crippen LogP contribution in [-0.4, -0.2) is 42.8 Å². The standard InChI is InChI=1S/C14H17N3O6/c1-8-10(5-6-15)11(17-23-8)7-14(12(19)21-3,13(20)22-4)16-9(2)18/h5,7H2,1-4H3,(H,16,18). The number of aromatic nitrogens is 1. The smallest absolute Gasteiger partial charge is 0.343 e. The molecule has 1 aromatic rings. The number of carbonyl (C=O) groups is 3. The Morgan fingerprint density at radius 1 is 1.30 bits per heavy atom. The van der Waals surface area contributed by atoms with Crippen LogP contribution >= 0.6 is 0 Å². The van der Waals surface area contributed by atoms with E-state index in [1.165, 1.54) is 0 Å². The van der Waals surface area contributed by atoms with Crippen molar-refractivity contribution >= 4 is 17.8 Å². The number of nitriles is 1. The minimum atomic E-state index is -2.11. The van der Waals surface area contributed by atoms with Crippen LogP contribution in [0.5, 0.6) is 0 Å². The van der Waals surface area contributed by atoms with Gasteiger partial charge in [-0.3, -0.25) is 4.79 Å². The lowest BCUT2D eigenvalue weighted by Crippen LogP contribution is -2.62. The lowest BCUT2D eigenvalue weighted by molar-refractivity contribution is -0.165. The van der Waals surface area contributed by atoms with Crippen molar-refractivity contribution < 1.29 is 28.4 Å². The molecule has 1 heterocycles. The highest BCUT2D eigenvalue weighted by molar-refractivity contribution is 6.07. The third-order valence-corrected chi connectivity index (χ3v) is 3.21. The van der Waals surface area contributed by atoms with Crippen molar-refractivity contribution in [1.29, 1.82) is 5.26 Å². The molecule has 0 aliphatic carbocycles. The zero-order valence-corrected chi connectivity index (χ0v) is 13.3. The van der Waals surface area contributed by atoms with Crippen LogP contribution < -0.4 is 5.32 Å². The minimum absolute atomic E-state index is 0.0246. The third kappa shape index (κ3) is 3.66. The molecule has 0 saturated carbocycles. The highest BCUT2D eigenvalue weighted by Crippen LogP contribution is 2.22. The predicted molar refractivity (Wildman–Crippen MR) is 74.8 cm³/mol. The Morgan fingerprint density at radius 3 is 2.30 bits per heavy atom. The van der Waals surface area contributed by atoms with Gasteiger partial charge in [-0.05, 0) is 6.92 Å². The van der Waals surface area contributed by atoms with Crippen molar-refractivity contribution in [1.82, 2.24) is 10.5 Å². The van der Waals surface area contributed by atoms with Gasteiger partial charge in [-0.2, -0.15) is 5.26 Å². The molecule has 0 aliphatic rings. The van der Waals surface area contributed by atoms with E-state index in [0.717, 1.165) is 21.1 Å². The number of nitrogens with one attached hydrogen (secondary N) is 1. The highest BCUT2D eigenvalue weighted by atomic mass is 16.5. The molecule has 0 atom stereocenters. The zero-order valence-electron chi connectivity index (χ0n) is 13.3. The molecule has 9 nitrogen and oxygen atoms in total. The number of hydrogen-bond acceptors (Lipinski definition) is 8. The van der Waals surface area contributed by atoms with Crippen LogP contribution in [0.4, 0.5) is 0 Å². The van der Waals surface area contributed by atoms with Gasteiger partial charge < -0.3 is 19.3 Å². The Bertz CT molecular complexity index is 642. The van der Waals surface area contributed by atoms with E-state index in [2.05, 4.69) is 19.9 Å². The number of methoxy groups -OCH3 is 2. The Hall–Kier alpha value is -2.89. The number of esters is 2. The van der Waals surface area contributed by atoms with Crippen LogP contribution in [0, 0.1) is 18.3 Å². The lowest BCUT2D eigenvalue weighted by Gasteiger charge is -2.28. The molecule has 0 bridgehead atoms. The van der Waals surface area contributed by atoms with Crippen molar-refractivity contribution in [2.45, 2.75) is 32.2 Å². The fourth-order valence-corrected chi connectivity index (χ4v) is 2.16. The molecule has 0 fully saturated rings. The fourth-order valence-electron chi connectivity index (χ4n) is 2.16. The molecule has 1 amide bonds. The van der Waals surface area contributed by atoms with E-state index in [0.29, 0.717) is 11.3 Å². The Morgan fingerprint density at radius 2 is 1.87 bits per heavy atom. The molecule has 1 N–H and O–H groups in total. The van der Waals surface area contributed by atoms with E-state index in [1.54, 1.807) is 6.92 Å². The van der Waals surface area contributed by atoms with Gasteiger partial charge in [-0.15, -0.1) is 0 Å². The average molecular weight is 323 g/mol. The van der Waals surface area contributed by atoms with Crippen LogP contribution in [0.25, 0.3) is 0 Å². The Balaban J connectivity index is 3.40. The highest BCUT2D eigenvalue weighted by Gasteiger charge is 2.50. The second-order valence-electron chi connectivity index (χ2n) is 4.75. The van der Waals surface area contributed by atoms with Gasteiger partial charge in [0.25, 0.3) is 0 Å². The van der Waals surface area contributed by atoms with Crippen LogP contribution in [0.15, 0.2) is 4.52 Å². The Labute approximate surface area is 132 Å². The third-order valence-electron chi connectivity index (χ3n) is 3.21. The summed E-state index contributed by atoms with van der Waals surface area (Å²) in [7, 11) is 2.15. The van der Waals surface area contributed by atoms with Crippen molar-refractivity contribution in [2.75, 3.05) is 14.2 Å². The maximum absolute atomic E-state index is 12.2. The first-order chi connectivity index (χ1) is 10.8. The van der Waals surface area contributed by atoms with E-state index < -0.39 is 23.4 Å². The summed E-state index contributed by atoms with van der Waals surface area (Å²) in [5.74, 6) is -2.28. The second kappa shape index (κ2) is 7.40. The van der Waals surface area contributed by atoms with Crippen LogP contribution in [0.3, 0.4) is 0 Å². The first-order valence-electron chi connectivity index (χ1n) is 6.59. The second-order valence-corrected chi connectivity index (χ2v) is 4.75.